The SMILES string of the molecule is CC[C@@H](Cl)C(=O)N1CCC[C@@H](C(F)F)C1. The molecule has 2 atom stereocenters. The van der Waals surface area contributed by atoms with Crippen LogP contribution in [0.25, 0.3) is 0 Å². The van der Waals surface area contributed by atoms with Crippen molar-refractivity contribution >= 4 is 17.5 Å². The molecule has 0 spiro atoms. The summed E-state index contributed by atoms with van der Waals surface area (Å²) in [5.74, 6) is -0.882. The van der Waals surface area contributed by atoms with Crippen molar-refractivity contribution in [2.45, 2.75) is 38.0 Å². The topological polar surface area (TPSA) is 20.3 Å². The van der Waals surface area contributed by atoms with Crippen LogP contribution in [0.4, 0.5) is 8.78 Å². The van der Waals surface area contributed by atoms with E-state index >= 15 is 0 Å². The monoisotopic (exact) mass is 239 g/mol. The standard InChI is InChI=1S/C10H16ClF2NO/c1-2-8(11)10(15)14-5-3-4-7(6-14)9(12)13/h7-9H,2-6H2,1H3/t7-,8-/m1/s1. The Hall–Kier alpha value is -0.380. The molecular formula is C10H16ClF2NO. The van der Waals surface area contributed by atoms with Gasteiger partial charge in [0.25, 0.3) is 0 Å². The molecule has 2 nitrogen and oxygen atoms in total. The first-order valence-electron chi connectivity index (χ1n) is 5.27. The van der Waals surface area contributed by atoms with Crippen LogP contribution >= 0.6 is 11.6 Å². The van der Waals surface area contributed by atoms with Crippen LogP contribution in [0.3, 0.4) is 0 Å². The van der Waals surface area contributed by atoms with Gasteiger partial charge in [0.05, 0.1) is 0 Å². The van der Waals surface area contributed by atoms with E-state index in [1.807, 2.05) is 6.92 Å². The molecule has 1 saturated heterocycles. The zero-order chi connectivity index (χ0) is 11.4. The number of hydrogen-bond donors (Lipinski definition) is 0. The third-order valence-electron chi connectivity index (χ3n) is 2.75. The molecule has 88 valence electrons. The highest BCUT2D eigenvalue weighted by Crippen LogP contribution is 2.23. The van der Waals surface area contributed by atoms with Crippen LogP contribution in [0.1, 0.15) is 26.2 Å². The lowest BCUT2D eigenvalue weighted by Crippen LogP contribution is -2.45. The van der Waals surface area contributed by atoms with E-state index in [0.717, 1.165) is 0 Å². The number of carbonyl (C=O) groups is 1. The zero-order valence-corrected chi connectivity index (χ0v) is 9.51. The Balaban J connectivity index is 2.52. The molecule has 0 unspecified atom stereocenters. The number of alkyl halides is 3. The maximum absolute atomic E-state index is 12.5. The number of nitrogens with zero attached hydrogens (tertiary/aromatic N) is 1. The highest BCUT2D eigenvalue weighted by atomic mass is 35.5. The maximum Gasteiger partial charge on any atom is 0.243 e. The van der Waals surface area contributed by atoms with Crippen molar-refractivity contribution < 1.29 is 13.6 Å². The van der Waals surface area contributed by atoms with Gasteiger partial charge in [-0.25, -0.2) is 8.78 Å². The second kappa shape index (κ2) is 5.64. The minimum atomic E-state index is -2.34. The molecule has 0 aliphatic carbocycles. The largest absolute Gasteiger partial charge is 0.341 e. The Morgan fingerprint density at radius 1 is 1.60 bits per heavy atom. The van der Waals surface area contributed by atoms with Gasteiger partial charge < -0.3 is 4.90 Å². The summed E-state index contributed by atoms with van der Waals surface area (Å²) in [6, 6.07) is 0. The molecule has 1 aliphatic heterocycles. The van der Waals surface area contributed by atoms with E-state index < -0.39 is 17.7 Å². The maximum atomic E-state index is 12.5. The summed E-state index contributed by atoms with van der Waals surface area (Å²) >= 11 is 5.80. The van der Waals surface area contributed by atoms with E-state index in [2.05, 4.69) is 0 Å². The quantitative estimate of drug-likeness (QED) is 0.693. The zero-order valence-electron chi connectivity index (χ0n) is 8.76. The van der Waals surface area contributed by atoms with Crippen molar-refractivity contribution in [2.75, 3.05) is 13.1 Å². The first-order chi connectivity index (χ1) is 7.06. The molecule has 0 aromatic carbocycles. The van der Waals surface area contributed by atoms with Crippen LogP contribution in [0.2, 0.25) is 0 Å². The molecule has 0 N–H and O–H groups in total. The molecule has 15 heavy (non-hydrogen) atoms. The van der Waals surface area contributed by atoms with Gasteiger partial charge in [-0.05, 0) is 19.3 Å². The minimum absolute atomic E-state index is 0.152. The van der Waals surface area contributed by atoms with Crippen molar-refractivity contribution in [1.82, 2.24) is 4.90 Å². The molecule has 1 fully saturated rings. The number of rotatable bonds is 3. The van der Waals surface area contributed by atoms with E-state index in [4.69, 9.17) is 11.6 Å². The Labute approximate surface area is 93.6 Å². The summed E-state index contributed by atoms with van der Waals surface area (Å²) in [7, 11) is 0. The molecule has 0 aromatic rings. The average molecular weight is 240 g/mol. The highest BCUT2D eigenvalue weighted by molar-refractivity contribution is 6.30. The molecule has 1 rings (SSSR count). The van der Waals surface area contributed by atoms with Crippen molar-refractivity contribution in [3.05, 3.63) is 0 Å². The van der Waals surface area contributed by atoms with Gasteiger partial charge in [0, 0.05) is 19.0 Å². The van der Waals surface area contributed by atoms with Gasteiger partial charge in [-0.1, -0.05) is 6.92 Å². The fraction of sp³-hybridized carbons (Fsp3) is 0.900. The molecule has 5 heteroatoms. The minimum Gasteiger partial charge on any atom is -0.341 e. The van der Waals surface area contributed by atoms with Crippen LogP contribution in [0.5, 0.6) is 0 Å². The first kappa shape index (κ1) is 12.7. The van der Waals surface area contributed by atoms with Gasteiger partial charge in [-0.15, -0.1) is 11.6 Å². The van der Waals surface area contributed by atoms with Crippen molar-refractivity contribution in [1.29, 1.82) is 0 Å². The van der Waals surface area contributed by atoms with E-state index in [1.165, 1.54) is 4.90 Å². The molecule has 0 aromatic heterocycles. The van der Waals surface area contributed by atoms with E-state index in [0.29, 0.717) is 25.8 Å². The van der Waals surface area contributed by atoms with E-state index in [9.17, 15) is 13.6 Å². The lowest BCUT2D eigenvalue weighted by molar-refractivity contribution is -0.133. The molecular weight excluding hydrogens is 224 g/mol. The lowest BCUT2D eigenvalue weighted by atomic mass is 9.98. The number of halogens is 3. The fourth-order valence-electron chi connectivity index (χ4n) is 1.79. The first-order valence-corrected chi connectivity index (χ1v) is 5.71. The number of likely N-dealkylation sites (tertiary alicyclic amines) is 1. The molecule has 0 bridgehead atoms. The third kappa shape index (κ3) is 3.30. The van der Waals surface area contributed by atoms with Gasteiger partial charge in [-0.2, -0.15) is 0 Å². The predicted molar refractivity (Wildman–Crippen MR) is 55.2 cm³/mol. The summed E-state index contributed by atoms with van der Waals surface area (Å²) in [6.07, 6.45) is -0.652. The van der Waals surface area contributed by atoms with E-state index in [-0.39, 0.29) is 12.5 Å². The average Bonchev–Trinajstić information content (AvgIpc) is 2.27. The third-order valence-corrected chi connectivity index (χ3v) is 3.25. The summed E-state index contributed by atoms with van der Waals surface area (Å²) in [5, 5.41) is -0.568. The van der Waals surface area contributed by atoms with Gasteiger partial charge in [0.2, 0.25) is 12.3 Å². The van der Waals surface area contributed by atoms with Crippen molar-refractivity contribution in [3.63, 3.8) is 0 Å². The summed E-state index contributed by atoms with van der Waals surface area (Å²) in [4.78, 5) is 13.1. The van der Waals surface area contributed by atoms with Crippen LogP contribution in [0, 0.1) is 5.92 Å². The Morgan fingerprint density at radius 2 is 2.27 bits per heavy atom. The van der Waals surface area contributed by atoms with Crippen LogP contribution < -0.4 is 0 Å². The number of amides is 1. The Morgan fingerprint density at radius 3 is 2.80 bits per heavy atom. The number of hydrogen-bond acceptors (Lipinski definition) is 1. The van der Waals surface area contributed by atoms with Crippen molar-refractivity contribution in [3.8, 4) is 0 Å². The number of carbonyl (C=O) groups excluding carboxylic acids is 1. The van der Waals surface area contributed by atoms with Gasteiger partial charge >= 0.3 is 0 Å². The smallest absolute Gasteiger partial charge is 0.243 e. The Kier molecular flexibility index (Phi) is 4.77. The summed E-state index contributed by atoms with van der Waals surface area (Å²) < 4.78 is 24.9. The molecule has 1 heterocycles. The summed E-state index contributed by atoms with van der Waals surface area (Å²) in [5.41, 5.74) is 0. The second-order valence-corrected chi connectivity index (χ2v) is 4.42. The molecule has 1 aliphatic rings. The van der Waals surface area contributed by atoms with Gasteiger partial charge in [-0.3, -0.25) is 4.79 Å². The predicted octanol–water partition coefficient (Wildman–Crippen LogP) is 2.51. The van der Waals surface area contributed by atoms with Gasteiger partial charge in [0.1, 0.15) is 5.38 Å². The summed E-state index contributed by atoms with van der Waals surface area (Å²) in [6.45, 7) is 2.52. The van der Waals surface area contributed by atoms with Crippen LogP contribution in [-0.2, 0) is 4.79 Å². The number of piperidine rings is 1. The van der Waals surface area contributed by atoms with Gasteiger partial charge in [0.15, 0.2) is 0 Å². The Bertz CT molecular complexity index is 225. The van der Waals surface area contributed by atoms with Crippen LogP contribution in [-0.4, -0.2) is 35.7 Å². The van der Waals surface area contributed by atoms with Crippen LogP contribution in [0.15, 0.2) is 0 Å². The highest BCUT2D eigenvalue weighted by Gasteiger charge is 2.31. The molecule has 0 radical (unpaired) electrons. The molecule has 0 saturated carbocycles. The second-order valence-electron chi connectivity index (χ2n) is 3.90. The van der Waals surface area contributed by atoms with E-state index in [1.54, 1.807) is 0 Å². The normalized spacial score (nSPS) is 24.3. The fourth-order valence-corrected chi connectivity index (χ4v) is 1.93. The molecule has 1 amide bonds. The lowest BCUT2D eigenvalue weighted by Gasteiger charge is -2.33. The van der Waals surface area contributed by atoms with Crippen molar-refractivity contribution in [2.24, 2.45) is 5.92 Å².